The quantitative estimate of drug-likeness (QED) is 0.804. The molecule has 0 radical (unpaired) electrons. The van der Waals surface area contributed by atoms with Crippen LogP contribution in [0.5, 0.6) is 0 Å². The van der Waals surface area contributed by atoms with Crippen LogP contribution in [0.2, 0.25) is 0 Å². The van der Waals surface area contributed by atoms with Crippen LogP contribution in [0.15, 0.2) is 35.5 Å². The van der Waals surface area contributed by atoms with Crippen molar-refractivity contribution >= 4 is 5.69 Å². The summed E-state index contributed by atoms with van der Waals surface area (Å²) >= 11 is 0. The molecular formula is C15H22N4O2. The summed E-state index contributed by atoms with van der Waals surface area (Å²) in [5, 5.41) is 3.31. The highest BCUT2D eigenvalue weighted by Crippen LogP contribution is 2.07. The summed E-state index contributed by atoms with van der Waals surface area (Å²) in [6, 6.07) is 3.36. The Hall–Kier alpha value is -2.08. The monoisotopic (exact) mass is 290 g/mol. The maximum Gasteiger partial charge on any atom is 0.250 e. The number of rotatable bonds is 8. The first kappa shape index (κ1) is 15.3. The van der Waals surface area contributed by atoms with E-state index in [9.17, 15) is 4.79 Å². The Balaban J connectivity index is 2.02. The molecule has 0 aliphatic rings. The van der Waals surface area contributed by atoms with Gasteiger partial charge in [-0.05, 0) is 12.5 Å². The number of anilines is 1. The molecule has 2 rings (SSSR count). The third-order valence-corrected chi connectivity index (χ3v) is 3.24. The first-order chi connectivity index (χ1) is 10.2. The van der Waals surface area contributed by atoms with Gasteiger partial charge in [-0.1, -0.05) is 6.92 Å². The summed E-state index contributed by atoms with van der Waals surface area (Å²) in [4.78, 5) is 16.1. The molecule has 2 aromatic rings. The molecule has 0 unspecified atom stereocenters. The number of hydrogen-bond acceptors (Lipinski definition) is 4. The van der Waals surface area contributed by atoms with Crippen LogP contribution in [0.4, 0.5) is 5.69 Å². The van der Waals surface area contributed by atoms with Crippen molar-refractivity contribution in [2.24, 2.45) is 0 Å². The maximum absolute atomic E-state index is 11.7. The number of nitrogens with one attached hydrogen (secondary N) is 1. The van der Waals surface area contributed by atoms with Crippen molar-refractivity contribution in [3.8, 4) is 0 Å². The number of imidazole rings is 1. The fraction of sp³-hybridized carbons (Fsp3) is 0.467. The maximum atomic E-state index is 11.7. The van der Waals surface area contributed by atoms with Gasteiger partial charge in [-0.3, -0.25) is 4.79 Å². The molecule has 0 saturated carbocycles. The Morgan fingerprint density at radius 1 is 1.29 bits per heavy atom. The third kappa shape index (κ3) is 4.19. The summed E-state index contributed by atoms with van der Waals surface area (Å²) in [7, 11) is 1.63. The number of ether oxygens (including phenoxy) is 1. The van der Waals surface area contributed by atoms with Crippen molar-refractivity contribution in [1.29, 1.82) is 0 Å². The Morgan fingerprint density at radius 3 is 2.90 bits per heavy atom. The van der Waals surface area contributed by atoms with E-state index in [1.54, 1.807) is 23.8 Å². The van der Waals surface area contributed by atoms with Gasteiger partial charge >= 0.3 is 0 Å². The first-order valence-corrected chi connectivity index (χ1v) is 7.18. The minimum absolute atomic E-state index is 0.0231. The predicted octanol–water partition coefficient (Wildman–Crippen LogP) is 1.71. The zero-order valence-electron chi connectivity index (χ0n) is 12.6. The van der Waals surface area contributed by atoms with E-state index in [-0.39, 0.29) is 5.56 Å². The molecule has 0 aromatic carbocycles. The Labute approximate surface area is 124 Å². The standard InChI is InChI=1S/C15H22N4O2/c1-3-7-18-8-6-16-14(18)11-17-13-4-5-15(20)19(12-13)9-10-21-2/h4-6,8,12,17H,3,7,9-11H2,1-2H3. The number of methoxy groups -OCH3 is 1. The van der Waals surface area contributed by atoms with Gasteiger partial charge in [0.2, 0.25) is 0 Å². The molecule has 6 nitrogen and oxygen atoms in total. The van der Waals surface area contributed by atoms with Crippen LogP contribution in [0.1, 0.15) is 19.2 Å². The van der Waals surface area contributed by atoms with Crippen molar-refractivity contribution < 1.29 is 4.74 Å². The molecular weight excluding hydrogens is 268 g/mol. The minimum atomic E-state index is -0.0231. The Bertz CT molecular complexity index is 618. The Morgan fingerprint density at radius 2 is 2.14 bits per heavy atom. The lowest BCUT2D eigenvalue weighted by Gasteiger charge is -2.11. The van der Waals surface area contributed by atoms with E-state index in [0.717, 1.165) is 24.5 Å². The number of aryl methyl sites for hydroxylation is 1. The summed E-state index contributed by atoms with van der Waals surface area (Å²) in [6.07, 6.45) is 6.69. The summed E-state index contributed by atoms with van der Waals surface area (Å²) < 4.78 is 8.78. The van der Waals surface area contributed by atoms with Crippen molar-refractivity contribution in [3.05, 3.63) is 46.9 Å². The zero-order valence-corrected chi connectivity index (χ0v) is 12.6. The van der Waals surface area contributed by atoms with Crippen molar-refractivity contribution in [2.75, 3.05) is 19.0 Å². The lowest BCUT2D eigenvalue weighted by molar-refractivity contribution is 0.186. The van der Waals surface area contributed by atoms with Crippen LogP contribution in [0.3, 0.4) is 0 Å². The molecule has 0 amide bonds. The summed E-state index contributed by atoms with van der Waals surface area (Å²) in [5.41, 5.74) is 0.877. The first-order valence-electron chi connectivity index (χ1n) is 7.18. The van der Waals surface area contributed by atoms with Crippen LogP contribution < -0.4 is 10.9 Å². The largest absolute Gasteiger partial charge is 0.383 e. The second-order valence-corrected chi connectivity index (χ2v) is 4.83. The average Bonchev–Trinajstić information content (AvgIpc) is 2.93. The van der Waals surface area contributed by atoms with Crippen molar-refractivity contribution in [2.45, 2.75) is 33.0 Å². The van der Waals surface area contributed by atoms with Crippen molar-refractivity contribution in [1.82, 2.24) is 14.1 Å². The molecule has 0 saturated heterocycles. The zero-order chi connectivity index (χ0) is 15.1. The van der Waals surface area contributed by atoms with Gasteiger partial charge in [-0.25, -0.2) is 4.98 Å². The molecule has 2 aromatic heterocycles. The molecule has 6 heteroatoms. The van der Waals surface area contributed by atoms with Crippen LogP contribution in [-0.4, -0.2) is 27.8 Å². The molecule has 2 heterocycles. The molecule has 0 spiro atoms. The summed E-state index contributed by atoms with van der Waals surface area (Å²) in [5.74, 6) is 0.992. The summed E-state index contributed by atoms with van der Waals surface area (Å²) in [6.45, 7) is 4.81. The van der Waals surface area contributed by atoms with Crippen LogP contribution in [-0.2, 0) is 24.4 Å². The van der Waals surface area contributed by atoms with Crippen LogP contribution in [0.25, 0.3) is 0 Å². The third-order valence-electron chi connectivity index (χ3n) is 3.24. The fourth-order valence-electron chi connectivity index (χ4n) is 2.13. The number of nitrogens with zero attached hydrogens (tertiary/aromatic N) is 3. The van der Waals surface area contributed by atoms with E-state index in [1.807, 2.05) is 18.6 Å². The van der Waals surface area contributed by atoms with Gasteiger partial charge in [0, 0.05) is 44.9 Å². The lowest BCUT2D eigenvalue weighted by Crippen LogP contribution is -2.21. The average molecular weight is 290 g/mol. The molecule has 21 heavy (non-hydrogen) atoms. The van der Waals surface area contributed by atoms with Gasteiger partial charge in [0.15, 0.2) is 0 Å². The highest BCUT2D eigenvalue weighted by Gasteiger charge is 2.03. The van der Waals surface area contributed by atoms with Crippen LogP contribution >= 0.6 is 0 Å². The second-order valence-electron chi connectivity index (χ2n) is 4.83. The van der Waals surface area contributed by atoms with Gasteiger partial charge in [-0.15, -0.1) is 0 Å². The van der Waals surface area contributed by atoms with E-state index in [1.165, 1.54) is 0 Å². The highest BCUT2D eigenvalue weighted by atomic mass is 16.5. The molecule has 0 bridgehead atoms. The van der Waals surface area contributed by atoms with Crippen molar-refractivity contribution in [3.63, 3.8) is 0 Å². The van der Waals surface area contributed by atoms with Gasteiger partial charge in [0.1, 0.15) is 5.82 Å². The van der Waals surface area contributed by atoms with Gasteiger partial charge in [0.25, 0.3) is 5.56 Å². The fourth-order valence-corrected chi connectivity index (χ4v) is 2.13. The van der Waals surface area contributed by atoms with Gasteiger partial charge in [0.05, 0.1) is 18.8 Å². The van der Waals surface area contributed by atoms with E-state index >= 15 is 0 Å². The second kappa shape index (κ2) is 7.64. The number of aromatic nitrogens is 3. The van der Waals surface area contributed by atoms with E-state index < -0.39 is 0 Å². The Kier molecular flexibility index (Phi) is 5.57. The van der Waals surface area contributed by atoms with Gasteiger partial charge in [-0.2, -0.15) is 0 Å². The van der Waals surface area contributed by atoms with Gasteiger partial charge < -0.3 is 19.2 Å². The molecule has 0 fully saturated rings. The number of hydrogen-bond donors (Lipinski definition) is 1. The highest BCUT2D eigenvalue weighted by molar-refractivity contribution is 5.40. The molecule has 0 atom stereocenters. The smallest absolute Gasteiger partial charge is 0.250 e. The molecule has 0 aliphatic heterocycles. The number of pyridine rings is 1. The molecule has 0 aliphatic carbocycles. The minimum Gasteiger partial charge on any atom is -0.383 e. The van der Waals surface area contributed by atoms with E-state index in [0.29, 0.717) is 19.7 Å². The lowest BCUT2D eigenvalue weighted by atomic mass is 10.4. The topological polar surface area (TPSA) is 61.1 Å². The molecule has 114 valence electrons. The van der Waals surface area contributed by atoms with E-state index in [4.69, 9.17) is 4.74 Å². The van der Waals surface area contributed by atoms with E-state index in [2.05, 4.69) is 21.8 Å². The SMILES string of the molecule is CCCn1ccnc1CNc1ccc(=O)n(CCOC)c1. The predicted molar refractivity (Wildman–Crippen MR) is 82.4 cm³/mol. The van der Waals surface area contributed by atoms with Crippen LogP contribution in [0, 0.1) is 0 Å². The normalized spacial score (nSPS) is 10.8. The molecule has 1 N–H and O–H groups in total.